The molecule has 5 heteroatoms. The molecule has 0 unspecified atom stereocenters. The predicted octanol–water partition coefficient (Wildman–Crippen LogP) is 2.98. The van der Waals surface area contributed by atoms with Gasteiger partial charge in [0.05, 0.1) is 6.04 Å². The number of benzene rings is 1. The van der Waals surface area contributed by atoms with E-state index in [-0.39, 0.29) is 6.04 Å². The molecule has 0 saturated carbocycles. The molecule has 0 radical (unpaired) electrons. The van der Waals surface area contributed by atoms with Crippen molar-refractivity contribution in [1.29, 1.82) is 0 Å². The van der Waals surface area contributed by atoms with Crippen molar-refractivity contribution < 1.29 is 4.52 Å². The van der Waals surface area contributed by atoms with Crippen LogP contribution in [0, 0.1) is 0 Å². The molecule has 3 aromatic rings. The number of fused-ring (bicyclic) bond motifs is 1. The summed E-state index contributed by atoms with van der Waals surface area (Å²) in [6, 6.07) is 8.41. The van der Waals surface area contributed by atoms with E-state index in [9.17, 15) is 0 Å². The van der Waals surface area contributed by atoms with Crippen molar-refractivity contribution in [2.24, 2.45) is 0 Å². The van der Waals surface area contributed by atoms with Crippen LogP contribution in [-0.2, 0) is 0 Å². The lowest BCUT2D eigenvalue weighted by atomic mass is 10.1. The molecule has 0 spiro atoms. The van der Waals surface area contributed by atoms with Gasteiger partial charge in [-0.2, -0.15) is 4.98 Å². The Labute approximate surface area is 116 Å². The van der Waals surface area contributed by atoms with Gasteiger partial charge in [-0.25, -0.2) is 0 Å². The van der Waals surface area contributed by atoms with Crippen molar-refractivity contribution in [2.75, 3.05) is 13.6 Å². The Morgan fingerprint density at radius 3 is 3.10 bits per heavy atom. The summed E-state index contributed by atoms with van der Waals surface area (Å²) < 4.78 is 5.48. The molecule has 5 nitrogen and oxygen atoms in total. The van der Waals surface area contributed by atoms with Gasteiger partial charge in [0, 0.05) is 22.7 Å². The predicted molar refractivity (Wildman–Crippen MR) is 76.2 cm³/mol. The van der Waals surface area contributed by atoms with E-state index in [4.69, 9.17) is 4.52 Å². The van der Waals surface area contributed by atoms with Crippen molar-refractivity contribution in [3.8, 4) is 11.4 Å². The molecular weight excluding hydrogens is 252 g/mol. The van der Waals surface area contributed by atoms with E-state index in [1.54, 1.807) is 0 Å². The van der Waals surface area contributed by atoms with Crippen LogP contribution in [0.5, 0.6) is 0 Å². The Kier molecular flexibility index (Phi) is 2.60. The largest absolute Gasteiger partial charge is 0.360 e. The van der Waals surface area contributed by atoms with E-state index < -0.39 is 0 Å². The van der Waals surface area contributed by atoms with Crippen LogP contribution in [0.15, 0.2) is 35.0 Å². The van der Waals surface area contributed by atoms with Gasteiger partial charge in [0.15, 0.2) is 0 Å². The molecule has 1 atom stereocenters. The maximum atomic E-state index is 5.48. The van der Waals surface area contributed by atoms with Gasteiger partial charge < -0.3 is 9.51 Å². The van der Waals surface area contributed by atoms with Crippen LogP contribution in [0.2, 0.25) is 0 Å². The molecule has 1 fully saturated rings. The number of nitrogens with one attached hydrogen (secondary N) is 1. The SMILES string of the molecule is CN1CCC[C@H]1c1nc(-c2c[nH]c3ccccc23)no1. The van der Waals surface area contributed by atoms with Crippen molar-refractivity contribution in [3.63, 3.8) is 0 Å². The summed E-state index contributed by atoms with van der Waals surface area (Å²) in [5.41, 5.74) is 2.09. The van der Waals surface area contributed by atoms with Gasteiger partial charge in [0.2, 0.25) is 11.7 Å². The molecule has 0 aliphatic carbocycles. The minimum Gasteiger partial charge on any atom is -0.360 e. The highest BCUT2D eigenvalue weighted by Crippen LogP contribution is 2.32. The molecule has 0 amide bonds. The fraction of sp³-hybridized carbons (Fsp3) is 0.333. The van der Waals surface area contributed by atoms with E-state index in [0.29, 0.717) is 5.82 Å². The van der Waals surface area contributed by atoms with E-state index in [2.05, 4.69) is 33.1 Å². The van der Waals surface area contributed by atoms with E-state index in [1.807, 2.05) is 24.4 Å². The van der Waals surface area contributed by atoms with E-state index in [0.717, 1.165) is 35.3 Å². The van der Waals surface area contributed by atoms with Gasteiger partial charge in [0.1, 0.15) is 0 Å². The third kappa shape index (κ3) is 1.74. The zero-order valence-electron chi connectivity index (χ0n) is 11.3. The molecule has 1 aliphatic heterocycles. The topological polar surface area (TPSA) is 58.0 Å². The molecule has 1 saturated heterocycles. The van der Waals surface area contributed by atoms with Crippen molar-refractivity contribution in [3.05, 3.63) is 36.4 Å². The van der Waals surface area contributed by atoms with Gasteiger partial charge in [-0.15, -0.1) is 0 Å². The maximum Gasteiger partial charge on any atom is 0.244 e. The van der Waals surface area contributed by atoms with Crippen LogP contribution in [0.25, 0.3) is 22.3 Å². The summed E-state index contributed by atoms with van der Waals surface area (Å²) in [4.78, 5) is 10.1. The first kappa shape index (κ1) is 11.7. The molecule has 0 bridgehead atoms. The fourth-order valence-electron chi connectivity index (χ4n) is 2.96. The zero-order valence-corrected chi connectivity index (χ0v) is 11.3. The third-order valence-electron chi connectivity index (χ3n) is 4.08. The second-order valence-corrected chi connectivity index (χ2v) is 5.34. The highest BCUT2D eigenvalue weighted by molar-refractivity contribution is 5.93. The molecule has 3 heterocycles. The molecule has 1 N–H and O–H groups in total. The van der Waals surface area contributed by atoms with Crippen molar-refractivity contribution in [2.45, 2.75) is 18.9 Å². The molecule has 4 rings (SSSR count). The summed E-state index contributed by atoms with van der Waals surface area (Å²) in [5, 5.41) is 5.28. The lowest BCUT2D eigenvalue weighted by Crippen LogP contribution is -2.17. The zero-order chi connectivity index (χ0) is 13.5. The Balaban J connectivity index is 1.74. The standard InChI is InChI=1S/C15H16N4O/c1-19-8-4-7-13(19)15-17-14(18-20-15)11-9-16-12-6-3-2-5-10(11)12/h2-3,5-6,9,13,16H,4,7-8H2,1H3/t13-/m0/s1. The first-order chi connectivity index (χ1) is 9.83. The molecule has 1 aromatic carbocycles. The average molecular weight is 268 g/mol. The summed E-state index contributed by atoms with van der Waals surface area (Å²) in [6.45, 7) is 1.09. The number of hydrogen-bond acceptors (Lipinski definition) is 4. The number of H-pyrrole nitrogens is 1. The number of rotatable bonds is 2. The first-order valence-electron chi connectivity index (χ1n) is 6.93. The van der Waals surface area contributed by atoms with Crippen LogP contribution in [-0.4, -0.2) is 33.6 Å². The summed E-state index contributed by atoms with van der Waals surface area (Å²) in [7, 11) is 2.10. The molecule has 20 heavy (non-hydrogen) atoms. The number of aromatic nitrogens is 3. The Morgan fingerprint density at radius 2 is 2.25 bits per heavy atom. The van der Waals surface area contributed by atoms with Gasteiger partial charge in [0.25, 0.3) is 0 Å². The first-order valence-corrected chi connectivity index (χ1v) is 6.93. The van der Waals surface area contributed by atoms with Gasteiger partial charge in [-0.05, 0) is 32.5 Å². The summed E-state index contributed by atoms with van der Waals surface area (Å²) >= 11 is 0. The number of nitrogens with zero attached hydrogens (tertiary/aromatic N) is 3. The molecule has 1 aliphatic rings. The Morgan fingerprint density at radius 1 is 1.35 bits per heavy atom. The van der Waals surface area contributed by atoms with Gasteiger partial charge in [-0.3, -0.25) is 4.90 Å². The second kappa shape index (κ2) is 4.45. The fourth-order valence-corrected chi connectivity index (χ4v) is 2.96. The van der Waals surface area contributed by atoms with Gasteiger partial charge >= 0.3 is 0 Å². The normalized spacial score (nSPS) is 19.9. The number of para-hydroxylation sites is 1. The molecule has 2 aromatic heterocycles. The van der Waals surface area contributed by atoms with Crippen molar-refractivity contribution >= 4 is 10.9 Å². The lowest BCUT2D eigenvalue weighted by molar-refractivity contribution is 0.245. The molecular formula is C15H16N4O. The lowest BCUT2D eigenvalue weighted by Gasteiger charge is -2.14. The minimum atomic E-state index is 0.265. The monoisotopic (exact) mass is 268 g/mol. The average Bonchev–Trinajstić information content (AvgIpc) is 3.15. The summed E-state index contributed by atoms with van der Waals surface area (Å²) in [5.74, 6) is 1.39. The number of likely N-dealkylation sites (tertiary alicyclic amines) is 1. The van der Waals surface area contributed by atoms with Crippen molar-refractivity contribution in [1.82, 2.24) is 20.0 Å². The second-order valence-electron chi connectivity index (χ2n) is 5.34. The van der Waals surface area contributed by atoms with E-state index in [1.165, 1.54) is 6.42 Å². The van der Waals surface area contributed by atoms with Crippen LogP contribution in [0.3, 0.4) is 0 Å². The van der Waals surface area contributed by atoms with Gasteiger partial charge in [-0.1, -0.05) is 23.4 Å². The minimum absolute atomic E-state index is 0.265. The third-order valence-corrected chi connectivity index (χ3v) is 4.08. The highest BCUT2D eigenvalue weighted by atomic mass is 16.5. The van der Waals surface area contributed by atoms with Crippen LogP contribution in [0.4, 0.5) is 0 Å². The van der Waals surface area contributed by atoms with Crippen LogP contribution in [0.1, 0.15) is 24.8 Å². The van der Waals surface area contributed by atoms with E-state index >= 15 is 0 Å². The quantitative estimate of drug-likeness (QED) is 0.776. The number of aromatic amines is 1. The molecule has 102 valence electrons. The summed E-state index contributed by atoms with van der Waals surface area (Å²) in [6.07, 6.45) is 4.22. The van der Waals surface area contributed by atoms with Crippen LogP contribution >= 0.6 is 0 Å². The Bertz CT molecular complexity index is 745. The highest BCUT2D eigenvalue weighted by Gasteiger charge is 2.28. The maximum absolute atomic E-state index is 5.48. The number of hydrogen-bond donors (Lipinski definition) is 1. The van der Waals surface area contributed by atoms with Crippen LogP contribution < -0.4 is 0 Å². The smallest absolute Gasteiger partial charge is 0.244 e. The Hall–Kier alpha value is -2.14.